The molecule has 0 bridgehead atoms. The van der Waals surface area contributed by atoms with Crippen LogP contribution in [0.2, 0.25) is 0 Å². The van der Waals surface area contributed by atoms with E-state index in [1.165, 1.54) is 0 Å². The summed E-state index contributed by atoms with van der Waals surface area (Å²) in [7, 11) is 2.59. The number of Topliss-reactive ketones (excluding diaryl/α,β-unsaturated/α-hetero) is 1. The Morgan fingerprint density at radius 3 is 2.71 bits per heavy atom. The van der Waals surface area contributed by atoms with Gasteiger partial charge in [0.15, 0.2) is 0 Å². The summed E-state index contributed by atoms with van der Waals surface area (Å²) in [6, 6.07) is 3.56. The number of ketones is 1. The molecule has 1 atom stereocenters. The molecule has 0 aromatic carbocycles. The fraction of sp³-hybridized carbons (Fsp3) is 0.300. The van der Waals surface area contributed by atoms with Crippen LogP contribution in [0.25, 0.3) is 0 Å². The highest BCUT2D eigenvalue weighted by atomic mass is 35.6. The molecule has 1 unspecified atom stereocenters. The number of nitrogens with zero attached hydrogens (tertiary/aromatic N) is 2. The van der Waals surface area contributed by atoms with Crippen molar-refractivity contribution in [3.05, 3.63) is 35.8 Å². The van der Waals surface area contributed by atoms with Crippen LogP contribution in [0, 0.1) is 0 Å². The van der Waals surface area contributed by atoms with Gasteiger partial charge in [0.05, 0.1) is 12.2 Å². The van der Waals surface area contributed by atoms with E-state index in [4.69, 9.17) is 34.8 Å². The Bertz CT molecular complexity index is 478. The van der Waals surface area contributed by atoms with Crippen molar-refractivity contribution in [3.8, 4) is 0 Å². The number of carbonyl (C=O) groups excluding carboxylic acids is 1. The summed E-state index contributed by atoms with van der Waals surface area (Å²) >= 11 is 16.9. The molecule has 1 aromatic rings. The van der Waals surface area contributed by atoms with Crippen LogP contribution < -0.4 is 0 Å². The van der Waals surface area contributed by atoms with E-state index in [0.717, 1.165) is 5.69 Å². The molecule has 0 saturated heterocycles. The van der Waals surface area contributed by atoms with Gasteiger partial charge in [0.25, 0.3) is 3.79 Å². The normalized spacial score (nSPS) is 15.6. The standard InChI is InChI=1S/C10H10Cl3N2OP/c11-10(12,13)9(16)8-3-2-7-6-14(17)4-1-5-15(7)8/h1-4H,5-6,17H2. The van der Waals surface area contributed by atoms with Crippen LogP contribution in [0.1, 0.15) is 16.2 Å². The molecule has 1 aliphatic heterocycles. The Morgan fingerprint density at radius 1 is 1.35 bits per heavy atom. The molecule has 0 N–H and O–H groups in total. The number of alkyl halides is 3. The van der Waals surface area contributed by atoms with Crippen LogP contribution in [0.3, 0.4) is 0 Å². The number of hydrogen-bond donors (Lipinski definition) is 0. The summed E-state index contributed by atoms with van der Waals surface area (Å²) in [6.45, 7) is 1.28. The van der Waals surface area contributed by atoms with Gasteiger partial charge in [-0.1, -0.05) is 34.8 Å². The van der Waals surface area contributed by atoms with E-state index >= 15 is 0 Å². The van der Waals surface area contributed by atoms with E-state index in [-0.39, 0.29) is 0 Å². The second-order valence-electron chi connectivity index (χ2n) is 3.70. The number of rotatable bonds is 1. The van der Waals surface area contributed by atoms with Crippen molar-refractivity contribution in [2.24, 2.45) is 0 Å². The van der Waals surface area contributed by atoms with Gasteiger partial charge in [0, 0.05) is 18.4 Å². The van der Waals surface area contributed by atoms with Gasteiger partial charge < -0.3 is 9.24 Å². The third kappa shape index (κ3) is 2.79. The van der Waals surface area contributed by atoms with Crippen LogP contribution in [0.5, 0.6) is 0 Å². The number of aromatic nitrogens is 1. The Balaban J connectivity index is 2.40. The molecule has 0 radical (unpaired) electrons. The van der Waals surface area contributed by atoms with Crippen molar-refractivity contribution in [1.82, 2.24) is 9.24 Å². The maximum absolute atomic E-state index is 11.9. The summed E-state index contributed by atoms with van der Waals surface area (Å²) in [6.07, 6.45) is 3.87. The van der Waals surface area contributed by atoms with Gasteiger partial charge in [-0.2, -0.15) is 0 Å². The Morgan fingerprint density at radius 2 is 2.06 bits per heavy atom. The average molecular weight is 312 g/mol. The molecule has 17 heavy (non-hydrogen) atoms. The molecule has 0 fully saturated rings. The Kier molecular flexibility index (Phi) is 3.74. The van der Waals surface area contributed by atoms with Gasteiger partial charge >= 0.3 is 0 Å². The number of allylic oxidation sites excluding steroid dienone is 1. The first-order chi connectivity index (χ1) is 7.89. The molecule has 1 aromatic heterocycles. The minimum Gasteiger partial charge on any atom is -0.357 e. The number of fused-ring (bicyclic) bond motifs is 1. The Hall–Kier alpha value is -0.210. The third-order valence-corrected chi connectivity index (χ3v) is 3.36. The topological polar surface area (TPSA) is 25.2 Å². The lowest BCUT2D eigenvalue weighted by Crippen LogP contribution is -2.23. The zero-order valence-electron chi connectivity index (χ0n) is 8.74. The number of hydrogen-bond acceptors (Lipinski definition) is 2. The van der Waals surface area contributed by atoms with Gasteiger partial charge in [0.2, 0.25) is 5.78 Å². The van der Waals surface area contributed by atoms with Crippen molar-refractivity contribution in [3.63, 3.8) is 0 Å². The van der Waals surface area contributed by atoms with Gasteiger partial charge in [-0.15, -0.1) is 0 Å². The van der Waals surface area contributed by atoms with Crippen LogP contribution in [-0.4, -0.2) is 18.8 Å². The van der Waals surface area contributed by atoms with Gasteiger partial charge in [-0.05, 0) is 27.6 Å². The predicted octanol–water partition coefficient (Wildman–Crippen LogP) is 3.16. The van der Waals surface area contributed by atoms with E-state index in [1.807, 2.05) is 27.6 Å². The van der Waals surface area contributed by atoms with Crippen molar-refractivity contribution < 1.29 is 4.79 Å². The van der Waals surface area contributed by atoms with Crippen molar-refractivity contribution >= 4 is 50.0 Å². The van der Waals surface area contributed by atoms with E-state index in [9.17, 15) is 4.79 Å². The number of carbonyl (C=O) groups is 1. The molecule has 92 valence electrons. The summed E-state index contributed by atoms with van der Waals surface area (Å²) in [5.74, 6) is -0.501. The summed E-state index contributed by atoms with van der Waals surface area (Å²) in [4.78, 5) is 11.9. The molecule has 0 saturated carbocycles. The molecule has 2 heterocycles. The molecule has 0 amide bonds. The molecule has 1 aliphatic rings. The van der Waals surface area contributed by atoms with Crippen LogP contribution in [-0.2, 0) is 13.1 Å². The largest absolute Gasteiger partial charge is 0.357 e. The highest BCUT2D eigenvalue weighted by Gasteiger charge is 2.34. The molecule has 2 rings (SSSR count). The Labute approximate surface area is 117 Å². The molecule has 0 aliphatic carbocycles. The molecule has 3 nitrogen and oxygen atoms in total. The first-order valence-corrected chi connectivity index (χ1v) is 6.52. The summed E-state index contributed by atoms with van der Waals surface area (Å²) in [5.41, 5.74) is 1.42. The maximum atomic E-state index is 11.9. The fourth-order valence-electron chi connectivity index (χ4n) is 1.73. The highest BCUT2D eigenvalue weighted by Crippen LogP contribution is 2.31. The molecular weight excluding hydrogens is 301 g/mol. The van der Waals surface area contributed by atoms with E-state index < -0.39 is 9.58 Å². The van der Waals surface area contributed by atoms with Gasteiger partial charge in [0.1, 0.15) is 0 Å². The van der Waals surface area contributed by atoms with Gasteiger partial charge in [-0.25, -0.2) is 0 Å². The van der Waals surface area contributed by atoms with E-state index in [1.54, 1.807) is 6.07 Å². The minimum atomic E-state index is -1.91. The quantitative estimate of drug-likeness (QED) is 0.452. The summed E-state index contributed by atoms with van der Waals surface area (Å²) in [5, 5.41) is 0. The van der Waals surface area contributed by atoms with E-state index in [2.05, 4.69) is 9.39 Å². The van der Waals surface area contributed by atoms with Crippen LogP contribution >= 0.6 is 44.2 Å². The minimum absolute atomic E-state index is 0.421. The predicted molar refractivity (Wildman–Crippen MR) is 73.4 cm³/mol. The van der Waals surface area contributed by atoms with E-state index in [0.29, 0.717) is 18.8 Å². The molecule has 0 spiro atoms. The summed E-state index contributed by atoms with van der Waals surface area (Å²) < 4.78 is 1.89. The zero-order chi connectivity index (χ0) is 12.6. The number of halogens is 3. The SMILES string of the molecule is O=C(c1ccc2n1CC=CN(P)C2)C(Cl)(Cl)Cl. The van der Waals surface area contributed by atoms with Crippen molar-refractivity contribution in [1.29, 1.82) is 0 Å². The fourth-order valence-corrected chi connectivity index (χ4v) is 2.33. The maximum Gasteiger partial charge on any atom is 0.255 e. The molecular formula is C10H10Cl3N2OP. The molecule has 7 heteroatoms. The zero-order valence-corrected chi connectivity index (χ0v) is 12.2. The van der Waals surface area contributed by atoms with Crippen LogP contribution in [0.15, 0.2) is 24.4 Å². The average Bonchev–Trinajstić information content (AvgIpc) is 2.50. The second kappa shape index (κ2) is 4.81. The highest BCUT2D eigenvalue weighted by molar-refractivity contribution is 7.13. The van der Waals surface area contributed by atoms with Crippen molar-refractivity contribution in [2.45, 2.75) is 16.9 Å². The first kappa shape index (κ1) is 13.2. The smallest absolute Gasteiger partial charge is 0.255 e. The third-order valence-electron chi connectivity index (χ3n) is 2.49. The lowest BCUT2D eigenvalue weighted by molar-refractivity contribution is 0.0987. The lowest BCUT2D eigenvalue weighted by Gasteiger charge is -2.14. The monoisotopic (exact) mass is 310 g/mol. The van der Waals surface area contributed by atoms with Crippen molar-refractivity contribution in [2.75, 3.05) is 0 Å². The van der Waals surface area contributed by atoms with Crippen LogP contribution in [0.4, 0.5) is 0 Å². The first-order valence-electron chi connectivity index (χ1n) is 4.87. The lowest BCUT2D eigenvalue weighted by atomic mass is 10.3. The second-order valence-corrected chi connectivity index (χ2v) is 6.65. The van der Waals surface area contributed by atoms with Gasteiger partial charge in [-0.3, -0.25) is 4.79 Å².